The van der Waals surface area contributed by atoms with Gasteiger partial charge in [0, 0.05) is 19.4 Å². The number of likely N-dealkylation sites (tertiary alicyclic amines) is 1. The molecule has 2 heterocycles. The van der Waals surface area contributed by atoms with Crippen molar-refractivity contribution in [3.8, 4) is 0 Å². The highest BCUT2D eigenvalue weighted by molar-refractivity contribution is 8.02. The van der Waals surface area contributed by atoms with Crippen molar-refractivity contribution in [1.29, 1.82) is 0 Å². The molecule has 0 aromatic rings. The molecule has 0 N–H and O–H groups in total. The van der Waals surface area contributed by atoms with Crippen molar-refractivity contribution >= 4 is 23.7 Å². The number of hydrogen-bond acceptors (Lipinski definition) is 3. The molecule has 15 heavy (non-hydrogen) atoms. The summed E-state index contributed by atoms with van der Waals surface area (Å²) in [5.41, 5.74) is 0. The number of hydrogen-bond donors (Lipinski definition) is 0. The van der Waals surface area contributed by atoms with E-state index in [0.717, 1.165) is 0 Å². The molecule has 0 unspecified atom stereocenters. The smallest absolute Gasteiger partial charge is 0.0872 e. The molecule has 2 fully saturated rings. The summed E-state index contributed by atoms with van der Waals surface area (Å²) >= 11 is 4.17. The molecule has 0 saturated carbocycles. The average molecular weight is 247 g/mol. The molecule has 2 aliphatic heterocycles. The van der Waals surface area contributed by atoms with E-state index in [0.29, 0.717) is 4.87 Å². The van der Waals surface area contributed by atoms with Crippen LogP contribution in [-0.2, 0) is 0 Å². The van der Waals surface area contributed by atoms with Gasteiger partial charge >= 0.3 is 0 Å². The van der Waals surface area contributed by atoms with E-state index >= 15 is 0 Å². The topological polar surface area (TPSA) is 3.24 Å². The summed E-state index contributed by atoms with van der Waals surface area (Å²) in [5.74, 6) is 1.37. The van der Waals surface area contributed by atoms with E-state index in [4.69, 9.17) is 0 Å². The Hall–Kier alpha value is 0.620. The fourth-order valence-corrected chi connectivity index (χ4v) is 5.16. The first kappa shape index (κ1) is 12.1. The van der Waals surface area contributed by atoms with Crippen LogP contribution in [0.1, 0.15) is 19.3 Å². The zero-order valence-electron chi connectivity index (χ0n) is 10.2. The Morgan fingerprint density at radius 2 is 1.93 bits per heavy atom. The van der Waals surface area contributed by atoms with Gasteiger partial charge in [-0.2, -0.15) is 0 Å². The van der Waals surface area contributed by atoms with Crippen molar-refractivity contribution in [2.24, 2.45) is 0 Å². The van der Waals surface area contributed by atoms with Gasteiger partial charge in [0.2, 0.25) is 0 Å². The van der Waals surface area contributed by atoms with Crippen LogP contribution in [-0.4, -0.2) is 59.4 Å². The zero-order chi connectivity index (χ0) is 10.9. The molecular formula is C11H23N2S2+. The second-order valence-electron chi connectivity index (χ2n) is 5.32. The fraction of sp³-hybridized carbons (Fsp3) is 1.00. The number of quaternary nitrogens is 1. The summed E-state index contributed by atoms with van der Waals surface area (Å²) < 4.78 is 3.87. The maximum Gasteiger partial charge on any atom is 0.0872 e. The highest BCUT2D eigenvalue weighted by atomic mass is 32.2. The summed E-state index contributed by atoms with van der Waals surface area (Å²) in [6.07, 6.45) is 6.34. The van der Waals surface area contributed by atoms with Crippen LogP contribution in [0.3, 0.4) is 0 Å². The van der Waals surface area contributed by atoms with Crippen LogP contribution in [0.15, 0.2) is 0 Å². The Bertz CT molecular complexity index is 221. The van der Waals surface area contributed by atoms with Crippen molar-refractivity contribution in [3.63, 3.8) is 0 Å². The largest absolute Gasteiger partial charge is 0.328 e. The SMILES string of the molecule is CSN1CCCSC12CC[N+](C)(C)CC2. The van der Waals surface area contributed by atoms with E-state index in [1.54, 1.807) is 0 Å². The summed E-state index contributed by atoms with van der Waals surface area (Å²) in [4.78, 5) is 0.478. The molecule has 0 bridgehead atoms. The lowest BCUT2D eigenvalue weighted by Gasteiger charge is -2.50. The predicted octanol–water partition coefficient (Wildman–Crippen LogP) is 2.27. The van der Waals surface area contributed by atoms with Gasteiger partial charge in [-0.3, -0.25) is 0 Å². The first-order valence-corrected chi connectivity index (χ1v) is 8.02. The first-order chi connectivity index (χ1) is 7.08. The minimum atomic E-state index is 0.478. The van der Waals surface area contributed by atoms with Crippen molar-refractivity contribution < 1.29 is 4.48 Å². The molecular weight excluding hydrogens is 224 g/mol. The van der Waals surface area contributed by atoms with Crippen LogP contribution >= 0.6 is 23.7 Å². The molecule has 2 saturated heterocycles. The van der Waals surface area contributed by atoms with E-state index in [-0.39, 0.29) is 0 Å². The molecule has 0 radical (unpaired) electrons. The molecule has 88 valence electrons. The normalized spacial score (nSPS) is 30.6. The summed E-state index contributed by atoms with van der Waals surface area (Å²) in [5, 5.41) is 0. The van der Waals surface area contributed by atoms with E-state index in [1.165, 1.54) is 49.1 Å². The molecule has 0 aromatic heterocycles. The van der Waals surface area contributed by atoms with E-state index in [1.807, 2.05) is 11.9 Å². The maximum absolute atomic E-state index is 2.65. The van der Waals surface area contributed by atoms with Crippen molar-refractivity contribution in [3.05, 3.63) is 0 Å². The van der Waals surface area contributed by atoms with E-state index in [2.05, 4.69) is 36.4 Å². The summed E-state index contributed by atoms with van der Waals surface area (Å²) in [6, 6.07) is 0. The van der Waals surface area contributed by atoms with Crippen LogP contribution in [0.5, 0.6) is 0 Å². The molecule has 0 atom stereocenters. The lowest BCUT2D eigenvalue weighted by molar-refractivity contribution is -0.896. The van der Waals surface area contributed by atoms with E-state index in [9.17, 15) is 0 Å². The Balaban J connectivity index is 2.05. The Kier molecular flexibility index (Phi) is 3.61. The molecule has 2 rings (SSSR count). The van der Waals surface area contributed by atoms with Gasteiger partial charge in [-0.25, -0.2) is 4.31 Å². The van der Waals surface area contributed by atoms with Gasteiger partial charge < -0.3 is 4.48 Å². The number of nitrogens with zero attached hydrogens (tertiary/aromatic N) is 2. The molecule has 4 heteroatoms. The minimum absolute atomic E-state index is 0.478. The van der Waals surface area contributed by atoms with Gasteiger partial charge in [-0.15, -0.1) is 11.8 Å². The third-order valence-electron chi connectivity index (χ3n) is 3.77. The molecule has 2 nitrogen and oxygen atoms in total. The van der Waals surface area contributed by atoms with Gasteiger partial charge in [-0.1, -0.05) is 11.9 Å². The standard InChI is InChI=1S/C11H23N2S2/c1-13(2)8-5-11(6-9-13)12(14-3)7-4-10-15-11/h4-10H2,1-3H3/q+1. The summed E-state index contributed by atoms with van der Waals surface area (Å²) in [7, 11) is 4.73. The highest BCUT2D eigenvalue weighted by Crippen LogP contribution is 2.45. The van der Waals surface area contributed by atoms with Gasteiger partial charge in [0.15, 0.2) is 0 Å². The number of thioether (sulfide) groups is 1. The van der Waals surface area contributed by atoms with Gasteiger partial charge in [0.25, 0.3) is 0 Å². The van der Waals surface area contributed by atoms with E-state index < -0.39 is 0 Å². The fourth-order valence-electron chi connectivity index (χ4n) is 2.59. The van der Waals surface area contributed by atoms with Crippen LogP contribution in [0.2, 0.25) is 0 Å². The van der Waals surface area contributed by atoms with Crippen molar-refractivity contribution in [1.82, 2.24) is 4.31 Å². The number of piperidine rings is 1. The third-order valence-corrected chi connectivity index (χ3v) is 6.51. The van der Waals surface area contributed by atoms with Crippen molar-refractivity contribution in [2.45, 2.75) is 24.1 Å². The maximum atomic E-state index is 2.65. The van der Waals surface area contributed by atoms with Crippen molar-refractivity contribution in [2.75, 3.05) is 45.7 Å². The monoisotopic (exact) mass is 247 g/mol. The van der Waals surface area contributed by atoms with Gasteiger partial charge in [-0.05, 0) is 18.4 Å². The highest BCUT2D eigenvalue weighted by Gasteiger charge is 2.45. The Morgan fingerprint density at radius 3 is 2.53 bits per heavy atom. The zero-order valence-corrected chi connectivity index (χ0v) is 11.8. The molecule has 0 aliphatic carbocycles. The van der Waals surface area contributed by atoms with Gasteiger partial charge in [0.1, 0.15) is 0 Å². The number of rotatable bonds is 1. The third kappa shape index (κ3) is 2.48. The molecule has 0 amide bonds. The lowest BCUT2D eigenvalue weighted by atomic mass is 10.0. The van der Waals surface area contributed by atoms with Crippen LogP contribution < -0.4 is 0 Å². The minimum Gasteiger partial charge on any atom is -0.328 e. The van der Waals surface area contributed by atoms with Gasteiger partial charge in [0.05, 0.1) is 32.1 Å². The quantitative estimate of drug-likeness (QED) is 0.517. The lowest BCUT2D eigenvalue weighted by Crippen LogP contribution is -2.57. The Morgan fingerprint density at radius 1 is 1.27 bits per heavy atom. The Labute approximate surface area is 102 Å². The second-order valence-corrected chi connectivity index (χ2v) is 7.58. The molecule has 1 spiro atoms. The summed E-state index contributed by atoms with van der Waals surface area (Å²) in [6.45, 7) is 3.97. The molecule has 0 aromatic carbocycles. The predicted molar refractivity (Wildman–Crippen MR) is 71.1 cm³/mol. The van der Waals surface area contributed by atoms with Crippen LogP contribution in [0, 0.1) is 0 Å². The van der Waals surface area contributed by atoms with Crippen LogP contribution in [0.4, 0.5) is 0 Å². The molecule has 2 aliphatic rings. The first-order valence-electron chi connectivity index (χ1n) is 5.86. The van der Waals surface area contributed by atoms with Crippen LogP contribution in [0.25, 0.3) is 0 Å². The second kappa shape index (κ2) is 4.47. The average Bonchev–Trinajstić information content (AvgIpc) is 2.24.